The highest BCUT2D eigenvalue weighted by molar-refractivity contribution is 5.28. The highest BCUT2D eigenvalue weighted by Gasteiger charge is 2.26. The van der Waals surface area contributed by atoms with Crippen molar-refractivity contribution in [2.24, 2.45) is 0 Å². The zero-order valence-electron chi connectivity index (χ0n) is 10.4. The van der Waals surface area contributed by atoms with E-state index in [0.29, 0.717) is 11.9 Å². The lowest BCUT2D eigenvalue weighted by Crippen LogP contribution is -2.36. The van der Waals surface area contributed by atoms with Crippen LogP contribution in [-0.2, 0) is 4.74 Å². The van der Waals surface area contributed by atoms with Crippen molar-refractivity contribution in [2.45, 2.75) is 37.7 Å². The minimum absolute atomic E-state index is 0.150. The molecule has 6 heteroatoms. The van der Waals surface area contributed by atoms with E-state index in [1.807, 2.05) is 0 Å². The summed E-state index contributed by atoms with van der Waals surface area (Å²) in [6.45, 7) is 3.09. The third-order valence-electron chi connectivity index (χ3n) is 3.77. The topological polar surface area (TPSA) is 71.6 Å². The number of aliphatic hydroxyl groups is 1. The van der Waals surface area contributed by atoms with E-state index >= 15 is 0 Å². The van der Waals surface area contributed by atoms with E-state index in [4.69, 9.17) is 9.26 Å². The number of morpholine rings is 1. The third-order valence-corrected chi connectivity index (χ3v) is 3.77. The summed E-state index contributed by atoms with van der Waals surface area (Å²) in [7, 11) is 0. The summed E-state index contributed by atoms with van der Waals surface area (Å²) in [4.78, 5) is 6.59. The van der Waals surface area contributed by atoms with Crippen molar-refractivity contribution in [1.29, 1.82) is 0 Å². The fourth-order valence-corrected chi connectivity index (χ4v) is 2.61. The number of ether oxygens (including phenoxy) is 1. The van der Waals surface area contributed by atoms with Crippen LogP contribution in [0, 0.1) is 0 Å². The first-order valence-corrected chi connectivity index (χ1v) is 6.67. The van der Waals surface area contributed by atoms with Crippen molar-refractivity contribution in [1.82, 2.24) is 10.1 Å². The average Bonchev–Trinajstić information content (AvgIpc) is 2.90. The van der Waals surface area contributed by atoms with Gasteiger partial charge in [-0.1, -0.05) is 0 Å². The molecule has 0 radical (unpaired) electrons. The molecule has 3 rings (SSSR count). The predicted octanol–water partition coefficient (Wildman–Crippen LogP) is 0.925. The van der Waals surface area contributed by atoms with E-state index in [1.165, 1.54) is 0 Å². The fourth-order valence-electron chi connectivity index (χ4n) is 2.61. The molecule has 0 spiro atoms. The molecular weight excluding hydrogens is 234 g/mol. The standard InChI is InChI=1S/C12H19N3O3/c16-10-3-1-9(2-4-10)11-13-12(14-18-11)15-5-7-17-8-6-15/h9-10,16H,1-8H2. The normalized spacial score (nSPS) is 29.5. The Kier molecular flexibility index (Phi) is 3.47. The molecule has 18 heavy (non-hydrogen) atoms. The van der Waals surface area contributed by atoms with Crippen LogP contribution in [0.5, 0.6) is 0 Å². The van der Waals surface area contributed by atoms with Crippen LogP contribution in [0.25, 0.3) is 0 Å². The summed E-state index contributed by atoms with van der Waals surface area (Å²) < 4.78 is 10.7. The Balaban J connectivity index is 1.65. The molecule has 6 nitrogen and oxygen atoms in total. The van der Waals surface area contributed by atoms with Crippen molar-refractivity contribution in [2.75, 3.05) is 31.2 Å². The number of nitrogens with zero attached hydrogens (tertiary/aromatic N) is 3. The molecule has 1 saturated carbocycles. The molecule has 0 bridgehead atoms. The van der Waals surface area contributed by atoms with Crippen molar-refractivity contribution < 1.29 is 14.4 Å². The zero-order valence-corrected chi connectivity index (χ0v) is 10.4. The van der Waals surface area contributed by atoms with Gasteiger partial charge in [-0.25, -0.2) is 0 Å². The summed E-state index contributed by atoms with van der Waals surface area (Å²) in [6, 6.07) is 0. The second-order valence-corrected chi connectivity index (χ2v) is 5.04. The van der Waals surface area contributed by atoms with E-state index in [1.54, 1.807) is 0 Å². The van der Waals surface area contributed by atoms with E-state index in [9.17, 15) is 5.11 Å². The highest BCUT2D eigenvalue weighted by Crippen LogP contribution is 2.32. The molecule has 1 aliphatic heterocycles. The largest absolute Gasteiger partial charge is 0.393 e. The molecular formula is C12H19N3O3. The van der Waals surface area contributed by atoms with Gasteiger partial charge in [-0.3, -0.25) is 0 Å². The number of hydrogen-bond acceptors (Lipinski definition) is 6. The molecule has 0 aromatic carbocycles. The van der Waals surface area contributed by atoms with Gasteiger partial charge in [0.1, 0.15) is 0 Å². The SMILES string of the molecule is OC1CCC(c2nc(N3CCOCC3)no2)CC1. The van der Waals surface area contributed by atoms with Crippen molar-refractivity contribution in [3.05, 3.63) is 5.89 Å². The van der Waals surface area contributed by atoms with Crippen molar-refractivity contribution >= 4 is 5.95 Å². The lowest BCUT2D eigenvalue weighted by molar-refractivity contribution is 0.116. The Morgan fingerprint density at radius 1 is 1.11 bits per heavy atom. The number of aromatic nitrogens is 2. The molecule has 0 atom stereocenters. The summed E-state index contributed by atoms with van der Waals surface area (Å²) >= 11 is 0. The summed E-state index contributed by atoms with van der Waals surface area (Å²) in [5.74, 6) is 1.72. The molecule has 1 N–H and O–H groups in total. The smallest absolute Gasteiger partial charge is 0.266 e. The third kappa shape index (κ3) is 2.49. The second kappa shape index (κ2) is 5.24. The first-order valence-electron chi connectivity index (χ1n) is 6.67. The molecule has 1 aromatic heterocycles. The van der Waals surface area contributed by atoms with Gasteiger partial charge in [-0.05, 0) is 30.8 Å². The Hall–Kier alpha value is -1.14. The van der Waals surface area contributed by atoms with Crippen LogP contribution in [0.1, 0.15) is 37.5 Å². The summed E-state index contributed by atoms with van der Waals surface area (Å²) in [5, 5.41) is 13.5. The van der Waals surface area contributed by atoms with E-state index in [-0.39, 0.29) is 6.10 Å². The monoisotopic (exact) mass is 253 g/mol. The van der Waals surface area contributed by atoms with Crippen LogP contribution in [0.2, 0.25) is 0 Å². The lowest BCUT2D eigenvalue weighted by atomic mass is 9.87. The molecule has 1 saturated heterocycles. The highest BCUT2D eigenvalue weighted by atomic mass is 16.5. The quantitative estimate of drug-likeness (QED) is 0.845. The summed E-state index contributed by atoms with van der Waals surface area (Å²) in [6.07, 6.45) is 3.39. The van der Waals surface area contributed by atoms with Crippen LogP contribution < -0.4 is 4.90 Å². The van der Waals surface area contributed by atoms with E-state index in [0.717, 1.165) is 57.9 Å². The van der Waals surface area contributed by atoms with Gasteiger partial charge in [-0.15, -0.1) is 0 Å². The van der Waals surface area contributed by atoms with Crippen LogP contribution >= 0.6 is 0 Å². The number of aliphatic hydroxyl groups excluding tert-OH is 1. The van der Waals surface area contributed by atoms with Crippen molar-refractivity contribution in [3.8, 4) is 0 Å². The van der Waals surface area contributed by atoms with Gasteiger partial charge in [-0.2, -0.15) is 4.98 Å². The molecule has 0 unspecified atom stereocenters. The number of hydrogen-bond donors (Lipinski definition) is 1. The minimum atomic E-state index is -0.150. The van der Waals surface area contributed by atoms with Gasteiger partial charge in [0.15, 0.2) is 0 Å². The first-order chi connectivity index (χ1) is 8.83. The maximum absolute atomic E-state index is 9.49. The lowest BCUT2D eigenvalue weighted by Gasteiger charge is -2.25. The Bertz CT molecular complexity index is 382. The Labute approximate surface area is 106 Å². The molecule has 2 aliphatic rings. The van der Waals surface area contributed by atoms with E-state index in [2.05, 4.69) is 15.0 Å². The number of anilines is 1. The molecule has 1 aromatic rings. The maximum atomic E-state index is 9.49. The van der Waals surface area contributed by atoms with Crippen LogP contribution in [0.4, 0.5) is 5.95 Å². The van der Waals surface area contributed by atoms with Gasteiger partial charge < -0.3 is 19.3 Å². The predicted molar refractivity (Wildman–Crippen MR) is 64.5 cm³/mol. The van der Waals surface area contributed by atoms with Gasteiger partial charge in [0.2, 0.25) is 5.89 Å². The Morgan fingerprint density at radius 2 is 1.83 bits per heavy atom. The van der Waals surface area contributed by atoms with Crippen molar-refractivity contribution in [3.63, 3.8) is 0 Å². The molecule has 1 aliphatic carbocycles. The van der Waals surface area contributed by atoms with Gasteiger partial charge in [0.05, 0.1) is 19.3 Å². The van der Waals surface area contributed by atoms with Crippen LogP contribution in [0.15, 0.2) is 4.52 Å². The Morgan fingerprint density at radius 3 is 2.56 bits per heavy atom. The summed E-state index contributed by atoms with van der Waals surface area (Å²) in [5.41, 5.74) is 0. The van der Waals surface area contributed by atoms with Gasteiger partial charge in [0, 0.05) is 19.0 Å². The van der Waals surface area contributed by atoms with Crippen LogP contribution in [0.3, 0.4) is 0 Å². The fraction of sp³-hybridized carbons (Fsp3) is 0.833. The molecule has 0 amide bonds. The number of rotatable bonds is 2. The van der Waals surface area contributed by atoms with Crippen LogP contribution in [-0.4, -0.2) is 47.7 Å². The second-order valence-electron chi connectivity index (χ2n) is 5.04. The average molecular weight is 253 g/mol. The molecule has 2 heterocycles. The molecule has 2 fully saturated rings. The van der Waals surface area contributed by atoms with Gasteiger partial charge >= 0.3 is 0 Å². The first kappa shape index (κ1) is 11.9. The zero-order chi connectivity index (χ0) is 12.4. The van der Waals surface area contributed by atoms with Gasteiger partial charge in [0.25, 0.3) is 5.95 Å². The maximum Gasteiger partial charge on any atom is 0.266 e. The minimum Gasteiger partial charge on any atom is -0.393 e. The molecule has 100 valence electrons. The van der Waals surface area contributed by atoms with E-state index < -0.39 is 0 Å².